The van der Waals surface area contributed by atoms with Gasteiger partial charge in [0.1, 0.15) is 17.5 Å². The first kappa shape index (κ1) is 15.1. The number of likely N-dealkylation sites (N-methyl/N-ethyl adjacent to an activating group) is 1. The summed E-state index contributed by atoms with van der Waals surface area (Å²) in [6.45, 7) is 5.99. The van der Waals surface area contributed by atoms with E-state index in [1.807, 2.05) is 37.3 Å². The van der Waals surface area contributed by atoms with E-state index in [4.69, 9.17) is 11.6 Å². The lowest BCUT2D eigenvalue weighted by atomic mass is 10.3. The van der Waals surface area contributed by atoms with Crippen molar-refractivity contribution in [3.63, 3.8) is 0 Å². The Morgan fingerprint density at radius 1 is 1.09 bits per heavy atom. The molecular weight excluding hydrogens is 298 g/mol. The highest BCUT2D eigenvalue weighted by Crippen LogP contribution is 2.25. The van der Waals surface area contributed by atoms with Crippen molar-refractivity contribution in [3.8, 4) is 0 Å². The van der Waals surface area contributed by atoms with Crippen LogP contribution in [-0.2, 0) is 0 Å². The number of aromatic nitrogens is 2. The van der Waals surface area contributed by atoms with E-state index in [-0.39, 0.29) is 0 Å². The summed E-state index contributed by atoms with van der Waals surface area (Å²) in [6.07, 6.45) is 0. The van der Waals surface area contributed by atoms with Crippen LogP contribution < -0.4 is 10.2 Å². The summed E-state index contributed by atoms with van der Waals surface area (Å²) in [4.78, 5) is 13.7. The molecule has 1 fully saturated rings. The number of piperazine rings is 1. The Hall–Kier alpha value is -1.85. The molecule has 0 atom stereocenters. The molecular formula is C16H20ClN5. The molecule has 0 saturated carbocycles. The molecule has 0 bridgehead atoms. The second-order valence-corrected chi connectivity index (χ2v) is 5.96. The highest BCUT2D eigenvalue weighted by atomic mass is 35.5. The number of aryl methyl sites for hydroxylation is 1. The van der Waals surface area contributed by atoms with Gasteiger partial charge in [-0.1, -0.05) is 23.7 Å². The van der Waals surface area contributed by atoms with Crippen molar-refractivity contribution >= 4 is 28.9 Å². The Morgan fingerprint density at radius 3 is 2.55 bits per heavy atom. The van der Waals surface area contributed by atoms with Gasteiger partial charge in [-0.25, -0.2) is 9.97 Å². The van der Waals surface area contributed by atoms with Crippen LogP contribution in [0, 0.1) is 6.92 Å². The van der Waals surface area contributed by atoms with Crippen LogP contribution in [0.1, 0.15) is 5.82 Å². The van der Waals surface area contributed by atoms with Crippen LogP contribution in [0.4, 0.5) is 17.3 Å². The van der Waals surface area contributed by atoms with Crippen molar-refractivity contribution in [2.75, 3.05) is 43.4 Å². The highest BCUT2D eigenvalue weighted by molar-refractivity contribution is 6.33. The number of para-hydroxylation sites is 1. The number of anilines is 3. The molecule has 1 saturated heterocycles. The van der Waals surface area contributed by atoms with Gasteiger partial charge in [-0.2, -0.15) is 0 Å². The van der Waals surface area contributed by atoms with E-state index in [2.05, 4.69) is 32.1 Å². The lowest BCUT2D eigenvalue weighted by Crippen LogP contribution is -2.44. The predicted octanol–water partition coefficient (Wildman–Crippen LogP) is 2.93. The van der Waals surface area contributed by atoms with Crippen molar-refractivity contribution in [2.45, 2.75) is 6.92 Å². The summed E-state index contributed by atoms with van der Waals surface area (Å²) >= 11 is 6.20. The van der Waals surface area contributed by atoms with Gasteiger partial charge in [0.05, 0.1) is 10.7 Å². The monoisotopic (exact) mass is 317 g/mol. The van der Waals surface area contributed by atoms with Gasteiger partial charge in [-0.3, -0.25) is 0 Å². The number of hydrogen-bond acceptors (Lipinski definition) is 5. The quantitative estimate of drug-likeness (QED) is 0.943. The van der Waals surface area contributed by atoms with E-state index in [1.165, 1.54) is 0 Å². The van der Waals surface area contributed by atoms with Gasteiger partial charge < -0.3 is 15.1 Å². The molecule has 22 heavy (non-hydrogen) atoms. The summed E-state index contributed by atoms with van der Waals surface area (Å²) in [6, 6.07) is 9.65. The molecule has 1 aliphatic heterocycles. The Balaban J connectivity index is 1.82. The van der Waals surface area contributed by atoms with Crippen LogP contribution in [0.25, 0.3) is 0 Å². The molecule has 3 rings (SSSR count). The van der Waals surface area contributed by atoms with Gasteiger partial charge in [0.2, 0.25) is 0 Å². The van der Waals surface area contributed by atoms with Gasteiger partial charge >= 0.3 is 0 Å². The van der Waals surface area contributed by atoms with Gasteiger partial charge in [0, 0.05) is 32.2 Å². The van der Waals surface area contributed by atoms with Crippen molar-refractivity contribution < 1.29 is 0 Å². The Kier molecular flexibility index (Phi) is 4.45. The third kappa shape index (κ3) is 3.48. The average Bonchev–Trinajstić information content (AvgIpc) is 2.50. The predicted molar refractivity (Wildman–Crippen MR) is 91.2 cm³/mol. The molecule has 2 aromatic rings. The van der Waals surface area contributed by atoms with Crippen molar-refractivity contribution in [1.82, 2.24) is 14.9 Å². The third-order valence-corrected chi connectivity index (χ3v) is 4.12. The molecule has 0 radical (unpaired) electrons. The minimum Gasteiger partial charge on any atom is -0.354 e. The minimum atomic E-state index is 0.680. The molecule has 5 nitrogen and oxygen atoms in total. The largest absolute Gasteiger partial charge is 0.354 e. The van der Waals surface area contributed by atoms with Crippen LogP contribution >= 0.6 is 11.6 Å². The van der Waals surface area contributed by atoms with E-state index < -0.39 is 0 Å². The molecule has 2 heterocycles. The van der Waals surface area contributed by atoms with Gasteiger partial charge in [-0.05, 0) is 26.1 Å². The number of nitrogens with one attached hydrogen (secondary N) is 1. The summed E-state index contributed by atoms with van der Waals surface area (Å²) in [7, 11) is 2.15. The maximum atomic E-state index is 6.20. The number of rotatable bonds is 3. The normalized spacial score (nSPS) is 15.9. The number of halogens is 1. The van der Waals surface area contributed by atoms with Crippen molar-refractivity contribution in [2.24, 2.45) is 0 Å². The van der Waals surface area contributed by atoms with Crippen LogP contribution in [-0.4, -0.2) is 48.1 Å². The Morgan fingerprint density at radius 2 is 1.82 bits per heavy atom. The average molecular weight is 318 g/mol. The number of hydrogen-bond donors (Lipinski definition) is 1. The molecule has 0 amide bonds. The summed E-state index contributed by atoms with van der Waals surface area (Å²) in [5.74, 6) is 2.50. The first-order valence-electron chi connectivity index (χ1n) is 7.42. The standard InChI is InChI=1S/C16H20ClN5/c1-12-18-15(20-14-6-4-3-5-13(14)17)11-16(19-12)22-9-7-21(2)8-10-22/h3-6,11H,7-10H2,1-2H3,(H,18,19,20). The van der Waals surface area contributed by atoms with Gasteiger partial charge in [0.15, 0.2) is 0 Å². The molecule has 0 aliphatic carbocycles. The second-order valence-electron chi connectivity index (χ2n) is 5.55. The zero-order valence-electron chi connectivity index (χ0n) is 12.9. The zero-order valence-corrected chi connectivity index (χ0v) is 13.6. The zero-order chi connectivity index (χ0) is 15.5. The van der Waals surface area contributed by atoms with Gasteiger partial charge in [0.25, 0.3) is 0 Å². The van der Waals surface area contributed by atoms with Crippen molar-refractivity contribution in [1.29, 1.82) is 0 Å². The lowest BCUT2D eigenvalue weighted by Gasteiger charge is -2.33. The third-order valence-electron chi connectivity index (χ3n) is 3.79. The van der Waals surface area contributed by atoms with Crippen molar-refractivity contribution in [3.05, 3.63) is 41.2 Å². The summed E-state index contributed by atoms with van der Waals surface area (Å²) in [5, 5.41) is 3.96. The van der Waals surface area contributed by atoms with E-state index >= 15 is 0 Å². The summed E-state index contributed by atoms with van der Waals surface area (Å²) in [5.41, 5.74) is 0.853. The van der Waals surface area contributed by atoms with Crippen LogP contribution in [0.2, 0.25) is 5.02 Å². The maximum Gasteiger partial charge on any atom is 0.136 e. The van der Waals surface area contributed by atoms with E-state index in [1.54, 1.807) is 0 Å². The fourth-order valence-electron chi connectivity index (χ4n) is 2.51. The number of nitrogens with zero attached hydrogens (tertiary/aromatic N) is 4. The highest BCUT2D eigenvalue weighted by Gasteiger charge is 2.16. The fourth-order valence-corrected chi connectivity index (χ4v) is 2.70. The minimum absolute atomic E-state index is 0.680. The molecule has 1 aromatic carbocycles. The van der Waals surface area contributed by atoms with E-state index in [0.29, 0.717) is 5.02 Å². The SMILES string of the molecule is Cc1nc(Nc2ccccc2Cl)cc(N2CCN(C)CC2)n1. The second kappa shape index (κ2) is 6.50. The molecule has 1 aromatic heterocycles. The van der Waals surface area contributed by atoms with E-state index in [9.17, 15) is 0 Å². The molecule has 0 spiro atoms. The smallest absolute Gasteiger partial charge is 0.136 e. The maximum absolute atomic E-state index is 6.20. The van der Waals surface area contributed by atoms with Crippen LogP contribution in [0.15, 0.2) is 30.3 Å². The molecule has 6 heteroatoms. The Bertz CT molecular complexity index is 653. The summed E-state index contributed by atoms with van der Waals surface area (Å²) < 4.78 is 0. The van der Waals surface area contributed by atoms with E-state index in [0.717, 1.165) is 49.3 Å². The van der Waals surface area contributed by atoms with Gasteiger partial charge in [-0.15, -0.1) is 0 Å². The fraction of sp³-hybridized carbons (Fsp3) is 0.375. The van der Waals surface area contributed by atoms with Crippen LogP contribution in [0.5, 0.6) is 0 Å². The van der Waals surface area contributed by atoms with Crippen LogP contribution in [0.3, 0.4) is 0 Å². The molecule has 1 N–H and O–H groups in total. The lowest BCUT2D eigenvalue weighted by molar-refractivity contribution is 0.312. The molecule has 1 aliphatic rings. The Labute approximate surface area is 135 Å². The topological polar surface area (TPSA) is 44.3 Å². The first-order chi connectivity index (χ1) is 10.6. The molecule has 116 valence electrons. The number of benzene rings is 1. The first-order valence-corrected chi connectivity index (χ1v) is 7.80. The molecule has 0 unspecified atom stereocenters.